The molecular weight excluding hydrogens is 839 g/mol. The number of nitrogens with one attached hydrogen (secondary N) is 2. The van der Waals surface area contributed by atoms with Gasteiger partial charge in [0.05, 0.1) is 6.16 Å². The van der Waals surface area contributed by atoms with E-state index in [2.05, 4.69) is 118 Å². The van der Waals surface area contributed by atoms with Crippen LogP contribution in [-0.2, 0) is 9.59 Å². The number of piperidine rings is 2. The lowest BCUT2D eigenvalue weighted by atomic mass is 9.79. The lowest BCUT2D eigenvalue weighted by Gasteiger charge is -2.51. The highest BCUT2D eigenvalue weighted by molar-refractivity contribution is 9.09. The zero-order valence-electron chi connectivity index (χ0n) is 34.2. The number of nitrogens with zero attached hydrogens (tertiary/aromatic N) is 2. The van der Waals surface area contributed by atoms with Crippen LogP contribution in [0.25, 0.3) is 0 Å². The summed E-state index contributed by atoms with van der Waals surface area (Å²) in [5.74, 6) is 0.211. The molecule has 8 nitrogen and oxygen atoms in total. The minimum atomic E-state index is -1.92. The molecule has 0 spiro atoms. The smallest absolute Gasteiger partial charge is 0.220 e. The molecule has 2 fully saturated rings. The lowest BCUT2D eigenvalue weighted by molar-refractivity contribution is -0.246. The number of hydrogen-bond acceptors (Lipinski definition) is 6. The Hall–Kier alpha value is -2.17. The number of hydroxylamine groups is 4. The Kier molecular flexibility index (Phi) is 17.2. The Morgan fingerprint density at radius 1 is 0.600 bits per heavy atom. The summed E-state index contributed by atoms with van der Waals surface area (Å²) in [7, 11) is -1.92. The molecule has 5 rings (SSSR count). The molecule has 55 heavy (non-hydrogen) atoms. The zero-order chi connectivity index (χ0) is 39.8. The normalized spacial score (nSPS) is 19.6. The second kappa shape index (κ2) is 20.0. The van der Waals surface area contributed by atoms with E-state index in [9.17, 15) is 20.0 Å². The van der Waals surface area contributed by atoms with Crippen LogP contribution in [0.1, 0.15) is 107 Å². The second-order valence-corrected chi connectivity index (χ2v) is 22.1. The van der Waals surface area contributed by atoms with Crippen molar-refractivity contribution in [3.8, 4) is 0 Å². The van der Waals surface area contributed by atoms with Crippen molar-refractivity contribution in [2.75, 3.05) is 11.5 Å². The van der Waals surface area contributed by atoms with E-state index in [4.69, 9.17) is 0 Å². The molecule has 2 saturated heterocycles. The third kappa shape index (κ3) is 12.2. The highest BCUT2D eigenvalue weighted by Crippen LogP contribution is 2.56. The fourth-order valence-corrected chi connectivity index (χ4v) is 13.6. The molecule has 2 heterocycles. The fourth-order valence-electron chi connectivity index (χ4n) is 8.93. The van der Waals surface area contributed by atoms with E-state index in [0.717, 1.165) is 50.0 Å². The third-order valence-electron chi connectivity index (χ3n) is 11.0. The summed E-state index contributed by atoms with van der Waals surface area (Å²) in [5.41, 5.74) is -1.38. The third-order valence-corrected chi connectivity index (χ3v) is 16.1. The molecule has 11 heteroatoms. The number of rotatable bonds is 12. The van der Waals surface area contributed by atoms with Crippen molar-refractivity contribution in [3.05, 3.63) is 91.0 Å². The molecule has 3 aromatic rings. The molecule has 0 aromatic heterocycles. The first kappa shape index (κ1) is 47.2. The number of amides is 2. The van der Waals surface area contributed by atoms with Gasteiger partial charge >= 0.3 is 0 Å². The number of benzene rings is 3. The van der Waals surface area contributed by atoms with Gasteiger partial charge in [-0.3, -0.25) is 9.59 Å². The highest BCUT2D eigenvalue weighted by atomic mass is 79.9. The van der Waals surface area contributed by atoms with Gasteiger partial charge < -0.3 is 38.0 Å². The van der Waals surface area contributed by atoms with Gasteiger partial charge in [-0.25, -0.2) is 0 Å². The Morgan fingerprint density at radius 3 is 1.18 bits per heavy atom. The van der Waals surface area contributed by atoms with Crippen LogP contribution >= 0.6 is 23.2 Å². The number of alkyl halides is 1. The first-order valence-electron chi connectivity index (χ1n) is 19.5. The largest absolute Gasteiger partial charge is 1.00 e. The molecule has 0 bridgehead atoms. The Bertz CT molecular complexity index is 1510. The van der Waals surface area contributed by atoms with Gasteiger partial charge in [-0.15, -0.1) is 0 Å². The second-order valence-electron chi connectivity index (χ2n) is 17.7. The van der Waals surface area contributed by atoms with Gasteiger partial charge in [0.1, 0.15) is 23.2 Å². The van der Waals surface area contributed by atoms with Crippen LogP contribution in [0.4, 0.5) is 0 Å². The van der Waals surface area contributed by atoms with Crippen LogP contribution < -0.4 is 43.5 Å². The van der Waals surface area contributed by atoms with Crippen molar-refractivity contribution in [3.63, 3.8) is 0 Å². The Balaban J connectivity index is 0.000000362. The van der Waals surface area contributed by atoms with Gasteiger partial charge in [0.15, 0.2) is 0 Å². The molecule has 0 radical (unpaired) electrons. The maximum atomic E-state index is 13.1. The molecule has 2 aliphatic rings. The van der Waals surface area contributed by atoms with Crippen molar-refractivity contribution in [2.45, 2.75) is 141 Å². The monoisotopic (exact) mass is 902 g/mol. The quantitative estimate of drug-likeness (QED) is 0.151. The first-order chi connectivity index (χ1) is 25.3. The van der Waals surface area contributed by atoms with Gasteiger partial charge in [0.25, 0.3) is 0 Å². The Labute approximate surface area is 350 Å². The maximum absolute atomic E-state index is 13.1. The average molecular weight is 905 g/mol. The van der Waals surface area contributed by atoms with Crippen molar-refractivity contribution in [1.29, 1.82) is 0 Å². The number of halogens is 2. The maximum Gasteiger partial charge on any atom is 0.220 e. The minimum Gasteiger partial charge on any atom is -1.00 e. The van der Waals surface area contributed by atoms with Crippen LogP contribution in [0.3, 0.4) is 0 Å². The van der Waals surface area contributed by atoms with Crippen molar-refractivity contribution < 1.29 is 37.0 Å². The summed E-state index contributed by atoms with van der Waals surface area (Å²) in [6.07, 6.45) is 6.66. The van der Waals surface area contributed by atoms with Crippen LogP contribution in [-0.4, -0.2) is 78.1 Å². The molecule has 0 atom stereocenters. The van der Waals surface area contributed by atoms with Gasteiger partial charge in [0, 0.05) is 52.4 Å². The van der Waals surface area contributed by atoms with E-state index < -0.39 is 7.26 Å². The van der Waals surface area contributed by atoms with E-state index in [0.29, 0.717) is 12.8 Å². The summed E-state index contributed by atoms with van der Waals surface area (Å²) < 4.78 is 0. The molecule has 0 saturated carbocycles. The first-order valence-corrected chi connectivity index (χ1v) is 22.6. The van der Waals surface area contributed by atoms with Crippen molar-refractivity contribution in [1.82, 2.24) is 20.8 Å². The summed E-state index contributed by atoms with van der Waals surface area (Å²) in [5, 5.41) is 34.9. The molecule has 0 unspecified atom stereocenters. The fraction of sp³-hybridized carbons (Fsp3) is 0.545. The van der Waals surface area contributed by atoms with Crippen LogP contribution in [0, 0.1) is 0 Å². The standard InChI is InChI=1S/C31H39N2O2P.C13H25BrN2O2.BrH/c1-30(2)23-25(24-31(3,4)33(30)35)32-29(34)21-14-22-36(26-15-8-5-9-16-26,27-17-10-6-11-18-27)28-19-12-7-13-20-28;1-12(2)8-10(9-13(3,4)16(12)18)15-11(17)6-5-7-14;/h5-13,15-20,25,35H,14,21-24H2,1-4H3;10,18H,5-9H2,1-4H3,(H,15,17);1H. The highest BCUT2D eigenvalue weighted by Gasteiger charge is 2.47. The van der Waals surface area contributed by atoms with E-state index in [1.54, 1.807) is 0 Å². The Morgan fingerprint density at radius 2 is 0.891 bits per heavy atom. The van der Waals surface area contributed by atoms with E-state index in [1.807, 2.05) is 55.4 Å². The van der Waals surface area contributed by atoms with Gasteiger partial charge in [-0.2, -0.15) is 10.1 Å². The van der Waals surface area contributed by atoms with Gasteiger partial charge in [-0.05, 0) is 130 Å². The number of carbonyl (C=O) groups is 2. The topological polar surface area (TPSA) is 105 Å². The summed E-state index contributed by atoms with van der Waals surface area (Å²) in [6, 6.07) is 32.7. The lowest BCUT2D eigenvalue weighted by Crippen LogP contribution is -3.00. The molecule has 3 aromatic carbocycles. The summed E-state index contributed by atoms with van der Waals surface area (Å²) >= 11 is 3.33. The number of hydrogen-bond donors (Lipinski definition) is 4. The van der Waals surface area contributed by atoms with E-state index in [1.165, 1.54) is 26.0 Å². The van der Waals surface area contributed by atoms with E-state index in [-0.39, 0.29) is 63.0 Å². The summed E-state index contributed by atoms with van der Waals surface area (Å²) in [6.45, 7) is 16.2. The predicted octanol–water partition coefficient (Wildman–Crippen LogP) is 4.98. The van der Waals surface area contributed by atoms with Crippen LogP contribution in [0.2, 0.25) is 0 Å². The number of carbonyl (C=O) groups excluding carboxylic acids is 2. The predicted molar refractivity (Wildman–Crippen MR) is 228 cm³/mol. The van der Waals surface area contributed by atoms with Crippen LogP contribution in [0.5, 0.6) is 0 Å². The molecule has 304 valence electrons. The molecule has 2 amide bonds. The van der Waals surface area contributed by atoms with Crippen molar-refractivity contribution in [2.24, 2.45) is 0 Å². The minimum absolute atomic E-state index is 0. The van der Waals surface area contributed by atoms with E-state index >= 15 is 0 Å². The SMILES string of the molecule is CC1(C)CC(NC(=O)CCCBr)CC(C)(C)N1O.CC1(C)CC(NC(=O)CCC[P+](c2ccccc2)(c2ccccc2)c2ccccc2)CC(C)(C)N1O.[Br-]. The average Bonchev–Trinajstić information content (AvgIpc) is 3.11. The molecular formula is C44H65Br2N4O4P. The molecule has 2 aliphatic heterocycles. The molecule has 4 N–H and O–H groups in total. The van der Waals surface area contributed by atoms with Gasteiger partial charge in [0.2, 0.25) is 11.8 Å². The van der Waals surface area contributed by atoms with Crippen molar-refractivity contribution >= 4 is 50.9 Å². The zero-order valence-corrected chi connectivity index (χ0v) is 38.3. The van der Waals surface area contributed by atoms with Gasteiger partial charge in [-0.1, -0.05) is 70.5 Å². The molecule has 0 aliphatic carbocycles. The van der Waals surface area contributed by atoms with Crippen LogP contribution in [0.15, 0.2) is 91.0 Å². The summed E-state index contributed by atoms with van der Waals surface area (Å²) in [4.78, 5) is 24.9.